The Morgan fingerprint density at radius 3 is 2.76 bits per heavy atom. The van der Waals surface area contributed by atoms with Gasteiger partial charge >= 0.3 is 5.97 Å². The second-order valence-corrected chi connectivity index (χ2v) is 6.82. The van der Waals surface area contributed by atoms with E-state index in [2.05, 4.69) is 20.5 Å². The second-order valence-electron chi connectivity index (χ2n) is 5.88. The fourth-order valence-electron chi connectivity index (χ4n) is 2.55. The summed E-state index contributed by atoms with van der Waals surface area (Å²) in [4.78, 5) is 16.9. The van der Waals surface area contributed by atoms with Crippen LogP contribution in [0.4, 0.5) is 0 Å². The molecular formula is C14H22N4O2S. The highest BCUT2D eigenvalue weighted by Gasteiger charge is 2.54. The zero-order valence-electron chi connectivity index (χ0n) is 12.5. The van der Waals surface area contributed by atoms with Crippen LogP contribution in [0.5, 0.6) is 0 Å². The van der Waals surface area contributed by atoms with Gasteiger partial charge in [-0.2, -0.15) is 0 Å². The van der Waals surface area contributed by atoms with Crippen LogP contribution in [0.15, 0.2) is 5.16 Å². The van der Waals surface area contributed by atoms with Crippen molar-refractivity contribution in [2.75, 3.05) is 12.4 Å². The molecule has 2 aliphatic carbocycles. The smallest absolute Gasteiger partial charge is 0.327 e. The Kier molecular flexibility index (Phi) is 4.21. The minimum atomic E-state index is -0.573. The van der Waals surface area contributed by atoms with E-state index in [4.69, 9.17) is 4.74 Å². The molecule has 0 radical (unpaired) electrons. The van der Waals surface area contributed by atoms with Crippen LogP contribution in [0.3, 0.4) is 0 Å². The van der Waals surface area contributed by atoms with E-state index in [0.29, 0.717) is 29.5 Å². The minimum Gasteiger partial charge on any atom is -0.465 e. The minimum absolute atomic E-state index is 0.112. The van der Waals surface area contributed by atoms with Gasteiger partial charge in [-0.05, 0) is 45.4 Å². The van der Waals surface area contributed by atoms with E-state index in [1.54, 1.807) is 0 Å². The highest BCUT2D eigenvalue weighted by atomic mass is 32.2. The third kappa shape index (κ3) is 3.40. The van der Waals surface area contributed by atoms with Crippen LogP contribution in [0.25, 0.3) is 0 Å². The molecule has 116 valence electrons. The molecule has 0 spiro atoms. The van der Waals surface area contributed by atoms with Crippen molar-refractivity contribution in [1.29, 1.82) is 0 Å². The first-order chi connectivity index (χ1) is 10.1. The van der Waals surface area contributed by atoms with Crippen LogP contribution in [0.2, 0.25) is 0 Å². The average molecular weight is 310 g/mol. The molecule has 3 rings (SSSR count). The number of aromatic nitrogens is 3. The predicted molar refractivity (Wildman–Crippen MR) is 80.1 cm³/mol. The first-order valence-corrected chi connectivity index (χ1v) is 8.59. The molecule has 0 bridgehead atoms. The number of hydrogen-bond acceptors (Lipinski definition) is 6. The Morgan fingerprint density at radius 1 is 1.48 bits per heavy atom. The average Bonchev–Trinajstić information content (AvgIpc) is 3.35. The van der Waals surface area contributed by atoms with Crippen LogP contribution in [-0.2, 0) is 9.53 Å². The molecule has 1 atom stereocenters. The third-order valence-corrected chi connectivity index (χ3v) is 5.00. The maximum Gasteiger partial charge on any atom is 0.327 e. The number of ether oxygens (including phenoxy) is 1. The lowest BCUT2D eigenvalue weighted by Crippen LogP contribution is -2.58. The van der Waals surface area contributed by atoms with E-state index < -0.39 is 5.54 Å². The van der Waals surface area contributed by atoms with Crippen molar-refractivity contribution in [1.82, 2.24) is 20.5 Å². The lowest BCUT2D eigenvalue weighted by Gasteiger charge is -2.32. The molecule has 7 heteroatoms. The highest BCUT2D eigenvalue weighted by Crippen LogP contribution is 2.44. The first-order valence-electron chi connectivity index (χ1n) is 7.61. The number of carbonyl (C=O) groups is 1. The molecular weight excluding hydrogens is 288 g/mol. The fourth-order valence-corrected chi connectivity index (χ4v) is 3.66. The van der Waals surface area contributed by atoms with Crippen LogP contribution in [0.1, 0.15) is 38.4 Å². The van der Waals surface area contributed by atoms with Gasteiger partial charge in [-0.1, -0.05) is 11.8 Å². The third-order valence-electron chi connectivity index (χ3n) is 3.96. The summed E-state index contributed by atoms with van der Waals surface area (Å²) in [6.45, 7) is 4.15. The molecule has 0 saturated heterocycles. The number of nitrogens with zero attached hydrogens (tertiary/aromatic N) is 2. The van der Waals surface area contributed by atoms with E-state index in [1.807, 2.05) is 13.8 Å². The number of thioether (sulfide) groups is 1. The summed E-state index contributed by atoms with van der Waals surface area (Å²) in [5.41, 5.74) is -0.573. The topological polar surface area (TPSA) is 79.9 Å². The van der Waals surface area contributed by atoms with Gasteiger partial charge in [-0.15, -0.1) is 5.10 Å². The molecule has 1 aromatic rings. The van der Waals surface area contributed by atoms with Crippen molar-refractivity contribution < 1.29 is 9.53 Å². The second kappa shape index (κ2) is 5.96. The van der Waals surface area contributed by atoms with Gasteiger partial charge in [-0.25, -0.2) is 4.98 Å². The van der Waals surface area contributed by atoms with Gasteiger partial charge in [0.15, 0.2) is 0 Å². The molecule has 0 amide bonds. The SMILES string of the molecule is CCOC(=O)C(CSc1n[nH]c(C)n1)(NC1CC1)C1CC1. The van der Waals surface area contributed by atoms with Gasteiger partial charge in [-0.3, -0.25) is 15.2 Å². The normalized spacial score (nSPS) is 21.0. The molecule has 1 heterocycles. The van der Waals surface area contributed by atoms with E-state index in [1.165, 1.54) is 11.8 Å². The summed E-state index contributed by atoms with van der Waals surface area (Å²) in [7, 11) is 0. The summed E-state index contributed by atoms with van der Waals surface area (Å²) in [6.07, 6.45) is 4.48. The standard InChI is InChI=1S/C14H22N4O2S/c1-3-20-12(19)14(10-4-5-10,16-11-6-7-11)8-21-13-15-9(2)17-18-13/h10-11,16H,3-8H2,1-2H3,(H,15,17,18). The Balaban J connectivity index is 1.74. The zero-order chi connectivity index (χ0) is 14.9. The van der Waals surface area contributed by atoms with Crippen molar-refractivity contribution in [2.24, 2.45) is 5.92 Å². The first kappa shape index (κ1) is 14.8. The molecule has 2 fully saturated rings. The van der Waals surface area contributed by atoms with Gasteiger partial charge < -0.3 is 4.74 Å². The van der Waals surface area contributed by atoms with E-state index in [-0.39, 0.29) is 5.97 Å². The molecule has 0 aromatic carbocycles. The van der Waals surface area contributed by atoms with Crippen molar-refractivity contribution in [3.63, 3.8) is 0 Å². The summed E-state index contributed by atoms with van der Waals surface area (Å²) in [5, 5.41) is 11.2. The van der Waals surface area contributed by atoms with Gasteiger partial charge in [0.25, 0.3) is 0 Å². The van der Waals surface area contributed by atoms with Crippen LogP contribution >= 0.6 is 11.8 Å². The molecule has 6 nitrogen and oxygen atoms in total. The van der Waals surface area contributed by atoms with Gasteiger partial charge in [0, 0.05) is 11.8 Å². The Bertz CT molecular complexity index is 513. The van der Waals surface area contributed by atoms with Crippen molar-refractivity contribution >= 4 is 17.7 Å². The van der Waals surface area contributed by atoms with E-state index in [0.717, 1.165) is 31.5 Å². The molecule has 1 aromatic heterocycles. The molecule has 2 saturated carbocycles. The number of esters is 1. The Labute approximate surface area is 128 Å². The zero-order valence-corrected chi connectivity index (χ0v) is 13.3. The lowest BCUT2D eigenvalue weighted by molar-refractivity contribution is -0.151. The van der Waals surface area contributed by atoms with Gasteiger partial charge in [0.1, 0.15) is 11.4 Å². The number of carbonyl (C=O) groups excluding carboxylic acids is 1. The summed E-state index contributed by atoms with van der Waals surface area (Å²) < 4.78 is 5.37. The summed E-state index contributed by atoms with van der Waals surface area (Å²) in [6, 6.07) is 0.462. The van der Waals surface area contributed by atoms with Gasteiger partial charge in [0.05, 0.1) is 6.61 Å². The van der Waals surface area contributed by atoms with Crippen LogP contribution < -0.4 is 5.32 Å². The lowest BCUT2D eigenvalue weighted by atomic mass is 9.95. The molecule has 2 N–H and O–H groups in total. The predicted octanol–water partition coefficient (Wildman–Crippen LogP) is 1.67. The molecule has 0 aliphatic heterocycles. The largest absolute Gasteiger partial charge is 0.465 e. The fraction of sp³-hybridized carbons (Fsp3) is 0.786. The van der Waals surface area contributed by atoms with Crippen molar-refractivity contribution in [3.05, 3.63) is 5.82 Å². The summed E-state index contributed by atoms with van der Waals surface area (Å²) >= 11 is 1.52. The summed E-state index contributed by atoms with van der Waals surface area (Å²) in [5.74, 6) is 1.69. The Morgan fingerprint density at radius 2 is 2.24 bits per heavy atom. The number of H-pyrrole nitrogens is 1. The molecule has 2 aliphatic rings. The Hall–Kier alpha value is -1.08. The number of aryl methyl sites for hydroxylation is 1. The van der Waals surface area contributed by atoms with Gasteiger partial charge in [0.2, 0.25) is 5.16 Å². The number of nitrogens with one attached hydrogen (secondary N) is 2. The van der Waals surface area contributed by atoms with Crippen LogP contribution in [-0.4, -0.2) is 45.1 Å². The maximum atomic E-state index is 12.6. The van der Waals surface area contributed by atoms with E-state index in [9.17, 15) is 4.79 Å². The van der Waals surface area contributed by atoms with Crippen LogP contribution in [0, 0.1) is 12.8 Å². The van der Waals surface area contributed by atoms with Crippen molar-refractivity contribution in [3.8, 4) is 0 Å². The molecule has 21 heavy (non-hydrogen) atoms. The number of rotatable bonds is 8. The highest BCUT2D eigenvalue weighted by molar-refractivity contribution is 7.99. The van der Waals surface area contributed by atoms with E-state index >= 15 is 0 Å². The molecule has 1 unspecified atom stereocenters. The monoisotopic (exact) mass is 310 g/mol. The quantitative estimate of drug-likeness (QED) is 0.561. The number of hydrogen-bond donors (Lipinski definition) is 2. The number of aromatic amines is 1. The maximum absolute atomic E-state index is 12.6. The van der Waals surface area contributed by atoms with Crippen molar-refractivity contribution in [2.45, 2.75) is 56.3 Å².